The summed E-state index contributed by atoms with van der Waals surface area (Å²) in [6.07, 6.45) is 3.77. The molecular formula is C12H17NO2. The lowest BCUT2D eigenvalue weighted by Crippen LogP contribution is -2.32. The summed E-state index contributed by atoms with van der Waals surface area (Å²) in [5.41, 5.74) is 0. The van der Waals surface area contributed by atoms with Gasteiger partial charge in [-0.05, 0) is 25.0 Å². The van der Waals surface area contributed by atoms with E-state index in [1.165, 1.54) is 19.3 Å². The van der Waals surface area contributed by atoms with Crippen LogP contribution in [0.1, 0.15) is 19.3 Å². The maximum atomic E-state index is 5.75. The van der Waals surface area contributed by atoms with Crippen LogP contribution in [0, 0.1) is 0 Å². The van der Waals surface area contributed by atoms with Gasteiger partial charge in [-0.1, -0.05) is 12.5 Å². The summed E-state index contributed by atoms with van der Waals surface area (Å²) in [5.74, 6) is 1.70. The zero-order chi connectivity index (χ0) is 10.5. The molecule has 15 heavy (non-hydrogen) atoms. The summed E-state index contributed by atoms with van der Waals surface area (Å²) in [6.45, 7) is 2.05. The van der Waals surface area contributed by atoms with Crippen molar-refractivity contribution in [2.45, 2.75) is 19.3 Å². The minimum absolute atomic E-state index is 0.838. The summed E-state index contributed by atoms with van der Waals surface area (Å²) in [6, 6.07) is 7.73. The van der Waals surface area contributed by atoms with E-state index in [9.17, 15) is 0 Å². The Labute approximate surface area is 90.6 Å². The van der Waals surface area contributed by atoms with E-state index in [4.69, 9.17) is 9.57 Å². The molecule has 2 rings (SSSR count). The molecule has 0 bridgehead atoms. The molecule has 1 fully saturated rings. The molecule has 1 saturated heterocycles. The average molecular weight is 207 g/mol. The Morgan fingerprint density at radius 1 is 1.07 bits per heavy atom. The monoisotopic (exact) mass is 207 g/mol. The van der Waals surface area contributed by atoms with Gasteiger partial charge in [0.1, 0.15) is 5.75 Å². The van der Waals surface area contributed by atoms with Crippen LogP contribution in [-0.2, 0) is 0 Å². The van der Waals surface area contributed by atoms with Gasteiger partial charge in [0.25, 0.3) is 0 Å². The number of ether oxygens (including phenoxy) is 1. The highest BCUT2D eigenvalue weighted by Gasteiger charge is 2.11. The van der Waals surface area contributed by atoms with Crippen LogP contribution >= 0.6 is 0 Å². The van der Waals surface area contributed by atoms with Crippen LogP contribution < -0.4 is 9.57 Å². The summed E-state index contributed by atoms with van der Waals surface area (Å²) in [4.78, 5) is 5.75. The van der Waals surface area contributed by atoms with Gasteiger partial charge in [-0.25, -0.2) is 0 Å². The first-order valence-corrected chi connectivity index (χ1v) is 5.45. The van der Waals surface area contributed by atoms with Gasteiger partial charge in [0, 0.05) is 19.2 Å². The lowest BCUT2D eigenvalue weighted by molar-refractivity contribution is -0.0721. The Morgan fingerprint density at radius 2 is 1.80 bits per heavy atom. The topological polar surface area (TPSA) is 21.7 Å². The van der Waals surface area contributed by atoms with Crippen molar-refractivity contribution in [1.82, 2.24) is 5.06 Å². The average Bonchev–Trinajstić information content (AvgIpc) is 2.31. The second-order valence-corrected chi connectivity index (χ2v) is 3.76. The number of benzene rings is 1. The number of nitrogens with zero attached hydrogens (tertiary/aromatic N) is 1. The minimum Gasteiger partial charge on any atom is -0.497 e. The van der Waals surface area contributed by atoms with Crippen LogP contribution in [0.4, 0.5) is 0 Å². The van der Waals surface area contributed by atoms with Crippen molar-refractivity contribution >= 4 is 0 Å². The maximum Gasteiger partial charge on any atom is 0.151 e. The van der Waals surface area contributed by atoms with E-state index in [1.54, 1.807) is 7.11 Å². The van der Waals surface area contributed by atoms with Crippen molar-refractivity contribution in [3.8, 4) is 11.5 Å². The zero-order valence-electron chi connectivity index (χ0n) is 9.11. The Balaban J connectivity index is 1.96. The first kappa shape index (κ1) is 10.3. The lowest BCUT2D eigenvalue weighted by Gasteiger charge is -2.26. The third kappa shape index (κ3) is 2.86. The predicted octanol–water partition coefficient (Wildman–Crippen LogP) is 2.47. The second kappa shape index (κ2) is 5.03. The molecule has 1 aliphatic rings. The summed E-state index contributed by atoms with van der Waals surface area (Å²) in [5, 5.41) is 2.03. The molecule has 0 atom stereocenters. The lowest BCUT2D eigenvalue weighted by atomic mass is 10.2. The molecule has 0 unspecified atom stereocenters. The molecule has 0 aliphatic carbocycles. The van der Waals surface area contributed by atoms with Crippen LogP contribution in [0.25, 0.3) is 0 Å². The number of hydrogen-bond acceptors (Lipinski definition) is 3. The van der Waals surface area contributed by atoms with Crippen LogP contribution in [0.2, 0.25) is 0 Å². The van der Waals surface area contributed by atoms with E-state index in [0.717, 1.165) is 24.6 Å². The van der Waals surface area contributed by atoms with Crippen LogP contribution in [-0.4, -0.2) is 25.3 Å². The smallest absolute Gasteiger partial charge is 0.151 e. The molecule has 1 aliphatic heterocycles. The van der Waals surface area contributed by atoms with Gasteiger partial charge in [-0.15, -0.1) is 5.06 Å². The highest BCUT2D eigenvalue weighted by Crippen LogP contribution is 2.21. The maximum absolute atomic E-state index is 5.75. The van der Waals surface area contributed by atoms with E-state index < -0.39 is 0 Å². The van der Waals surface area contributed by atoms with Crippen molar-refractivity contribution in [3.05, 3.63) is 24.3 Å². The summed E-state index contributed by atoms with van der Waals surface area (Å²) in [7, 11) is 1.67. The van der Waals surface area contributed by atoms with Gasteiger partial charge in [-0.2, -0.15) is 0 Å². The molecule has 1 aromatic rings. The number of hydroxylamine groups is 2. The molecule has 3 nitrogen and oxygen atoms in total. The van der Waals surface area contributed by atoms with Crippen LogP contribution in [0.3, 0.4) is 0 Å². The van der Waals surface area contributed by atoms with Crippen molar-refractivity contribution in [3.63, 3.8) is 0 Å². The predicted molar refractivity (Wildman–Crippen MR) is 59.0 cm³/mol. The number of rotatable bonds is 3. The molecule has 0 spiro atoms. The second-order valence-electron chi connectivity index (χ2n) is 3.76. The summed E-state index contributed by atoms with van der Waals surface area (Å²) < 4.78 is 5.15. The Bertz CT molecular complexity index is 308. The Morgan fingerprint density at radius 3 is 2.53 bits per heavy atom. The zero-order valence-corrected chi connectivity index (χ0v) is 9.11. The van der Waals surface area contributed by atoms with E-state index >= 15 is 0 Å². The van der Waals surface area contributed by atoms with Gasteiger partial charge >= 0.3 is 0 Å². The van der Waals surface area contributed by atoms with Crippen molar-refractivity contribution in [2.24, 2.45) is 0 Å². The first-order valence-electron chi connectivity index (χ1n) is 5.45. The molecule has 0 N–H and O–H groups in total. The molecule has 0 saturated carbocycles. The molecular weight excluding hydrogens is 190 g/mol. The largest absolute Gasteiger partial charge is 0.497 e. The van der Waals surface area contributed by atoms with E-state index in [2.05, 4.69) is 0 Å². The molecule has 0 radical (unpaired) electrons. The first-order chi connectivity index (χ1) is 7.38. The minimum atomic E-state index is 0.838. The SMILES string of the molecule is COc1cccc(ON2CCCCC2)c1. The Hall–Kier alpha value is -1.22. The highest BCUT2D eigenvalue weighted by molar-refractivity contribution is 5.32. The fourth-order valence-corrected chi connectivity index (χ4v) is 1.76. The molecule has 0 aromatic heterocycles. The number of piperidine rings is 1. The van der Waals surface area contributed by atoms with Gasteiger partial charge in [0.2, 0.25) is 0 Å². The third-order valence-electron chi connectivity index (χ3n) is 2.59. The molecule has 1 aromatic carbocycles. The van der Waals surface area contributed by atoms with E-state index in [0.29, 0.717) is 0 Å². The number of methoxy groups -OCH3 is 1. The fraction of sp³-hybridized carbons (Fsp3) is 0.500. The van der Waals surface area contributed by atoms with Gasteiger partial charge in [0.05, 0.1) is 7.11 Å². The van der Waals surface area contributed by atoms with Crippen LogP contribution in [0.15, 0.2) is 24.3 Å². The normalized spacial score (nSPS) is 17.4. The van der Waals surface area contributed by atoms with Crippen LogP contribution in [0.5, 0.6) is 11.5 Å². The van der Waals surface area contributed by atoms with Crippen molar-refractivity contribution in [1.29, 1.82) is 0 Å². The summed E-state index contributed by atoms with van der Waals surface area (Å²) >= 11 is 0. The molecule has 1 heterocycles. The van der Waals surface area contributed by atoms with E-state index in [-0.39, 0.29) is 0 Å². The van der Waals surface area contributed by atoms with Gasteiger partial charge in [0.15, 0.2) is 5.75 Å². The standard InChI is InChI=1S/C12H17NO2/c1-14-11-6-5-7-12(10-11)15-13-8-3-2-4-9-13/h5-7,10H,2-4,8-9H2,1H3. The quantitative estimate of drug-likeness (QED) is 0.760. The third-order valence-corrected chi connectivity index (χ3v) is 2.59. The molecule has 0 amide bonds. The number of hydrogen-bond donors (Lipinski definition) is 0. The van der Waals surface area contributed by atoms with Gasteiger partial charge < -0.3 is 9.57 Å². The van der Waals surface area contributed by atoms with Gasteiger partial charge in [-0.3, -0.25) is 0 Å². The van der Waals surface area contributed by atoms with Crippen molar-refractivity contribution < 1.29 is 9.57 Å². The molecule has 3 heteroatoms. The molecule has 82 valence electrons. The van der Waals surface area contributed by atoms with Crippen molar-refractivity contribution in [2.75, 3.05) is 20.2 Å². The fourth-order valence-electron chi connectivity index (χ4n) is 1.76. The highest BCUT2D eigenvalue weighted by atomic mass is 16.7. The Kier molecular flexibility index (Phi) is 3.45. The van der Waals surface area contributed by atoms with E-state index in [1.807, 2.05) is 29.3 Å².